The minimum atomic E-state index is -2.69. The van der Waals surface area contributed by atoms with E-state index in [0.29, 0.717) is 12.0 Å². The summed E-state index contributed by atoms with van der Waals surface area (Å²) in [6.07, 6.45) is 0.332. The van der Waals surface area contributed by atoms with Gasteiger partial charge in [-0.05, 0) is 6.42 Å². The summed E-state index contributed by atoms with van der Waals surface area (Å²) < 4.78 is 34.1. The maximum absolute atomic E-state index is 11.3. The van der Waals surface area contributed by atoms with Crippen molar-refractivity contribution in [2.24, 2.45) is 0 Å². The number of carbonyl (C=O) groups is 1. The summed E-state index contributed by atoms with van der Waals surface area (Å²) in [5.74, 6) is -0.570. The SMILES string of the molecule is CC(=O)Oc1c(C(Br)CCN[SH](=O)=O)oc(-c2ccccc2)c1O. The molecular formula is C15H16BrNO6S. The molecule has 0 fully saturated rings. The number of esters is 1. The van der Waals surface area contributed by atoms with Crippen molar-refractivity contribution >= 4 is 32.8 Å². The second-order valence-corrected chi connectivity index (χ2v) is 6.79. The predicted octanol–water partition coefficient (Wildman–Crippen LogP) is 2.52. The maximum atomic E-state index is 11.3. The van der Waals surface area contributed by atoms with Crippen LogP contribution in [0.3, 0.4) is 0 Å². The zero-order valence-electron chi connectivity index (χ0n) is 12.7. The van der Waals surface area contributed by atoms with E-state index in [1.165, 1.54) is 6.92 Å². The first-order valence-electron chi connectivity index (χ1n) is 7.01. The maximum Gasteiger partial charge on any atom is 0.308 e. The molecule has 0 bridgehead atoms. The van der Waals surface area contributed by atoms with Gasteiger partial charge in [0.05, 0.1) is 4.83 Å². The molecule has 2 aromatic rings. The number of carbonyl (C=O) groups excluding carboxylic acids is 1. The number of nitrogens with one attached hydrogen (secondary N) is 1. The normalized spacial score (nSPS) is 12.3. The zero-order chi connectivity index (χ0) is 17.7. The van der Waals surface area contributed by atoms with Crippen molar-refractivity contribution in [3.63, 3.8) is 0 Å². The van der Waals surface area contributed by atoms with Crippen molar-refractivity contribution in [1.82, 2.24) is 4.72 Å². The fourth-order valence-electron chi connectivity index (χ4n) is 2.07. The van der Waals surface area contributed by atoms with E-state index in [0.717, 1.165) is 0 Å². The molecule has 0 aliphatic carbocycles. The van der Waals surface area contributed by atoms with Crippen LogP contribution in [0.4, 0.5) is 0 Å². The number of hydrogen-bond acceptors (Lipinski definition) is 6. The summed E-state index contributed by atoms with van der Waals surface area (Å²) in [7, 11) is -2.69. The molecule has 0 radical (unpaired) electrons. The molecule has 7 nitrogen and oxygen atoms in total. The van der Waals surface area contributed by atoms with E-state index in [2.05, 4.69) is 20.7 Å². The summed E-state index contributed by atoms with van der Waals surface area (Å²) in [5, 5.41) is 10.4. The van der Waals surface area contributed by atoms with E-state index in [1.807, 2.05) is 6.07 Å². The van der Waals surface area contributed by atoms with Crippen LogP contribution in [0.25, 0.3) is 11.3 Å². The van der Waals surface area contributed by atoms with Crippen LogP contribution in [-0.2, 0) is 15.7 Å². The van der Waals surface area contributed by atoms with Gasteiger partial charge < -0.3 is 14.3 Å². The lowest BCUT2D eigenvalue weighted by molar-refractivity contribution is -0.132. The van der Waals surface area contributed by atoms with Gasteiger partial charge in [-0.1, -0.05) is 46.3 Å². The Balaban J connectivity index is 2.36. The van der Waals surface area contributed by atoms with E-state index >= 15 is 0 Å². The molecular weight excluding hydrogens is 402 g/mol. The Hall–Kier alpha value is -1.84. The van der Waals surface area contributed by atoms with Crippen LogP contribution in [0.5, 0.6) is 11.5 Å². The standard InChI is InChI=1S/C15H16BrNO6S/c1-9(18)22-15-12(19)13(10-5-3-2-4-6-10)23-14(15)11(16)7-8-17-24(20)21/h2-6,11,19,24H,7-8H2,1H3,(H,17,20,21). The van der Waals surface area contributed by atoms with Crippen LogP contribution in [0.1, 0.15) is 23.9 Å². The predicted molar refractivity (Wildman–Crippen MR) is 91.7 cm³/mol. The van der Waals surface area contributed by atoms with Gasteiger partial charge >= 0.3 is 5.97 Å². The molecule has 2 N–H and O–H groups in total. The lowest BCUT2D eigenvalue weighted by Crippen LogP contribution is -2.14. The molecule has 1 aromatic heterocycles. The van der Waals surface area contributed by atoms with Crippen LogP contribution in [-0.4, -0.2) is 26.0 Å². The molecule has 0 saturated carbocycles. The van der Waals surface area contributed by atoms with Crippen LogP contribution in [0.2, 0.25) is 0 Å². The highest BCUT2D eigenvalue weighted by molar-refractivity contribution is 9.09. The molecule has 1 atom stereocenters. The fraction of sp³-hybridized carbons (Fsp3) is 0.267. The van der Waals surface area contributed by atoms with Crippen molar-refractivity contribution < 1.29 is 27.5 Å². The molecule has 0 aliphatic rings. The number of halogens is 1. The highest BCUT2D eigenvalue weighted by atomic mass is 79.9. The van der Waals surface area contributed by atoms with Crippen molar-refractivity contribution in [2.45, 2.75) is 18.2 Å². The highest BCUT2D eigenvalue weighted by Crippen LogP contribution is 2.47. The molecule has 130 valence electrons. The average molecular weight is 418 g/mol. The first-order valence-corrected chi connectivity index (χ1v) is 9.11. The fourth-order valence-corrected chi connectivity index (χ4v) is 2.91. The topological polar surface area (TPSA) is 106 Å². The van der Waals surface area contributed by atoms with E-state index in [4.69, 9.17) is 9.15 Å². The van der Waals surface area contributed by atoms with Gasteiger partial charge in [0.2, 0.25) is 22.4 Å². The Morgan fingerprint density at radius 2 is 2.04 bits per heavy atom. The van der Waals surface area contributed by atoms with Crippen LogP contribution in [0, 0.1) is 0 Å². The van der Waals surface area contributed by atoms with Crippen LogP contribution >= 0.6 is 15.9 Å². The number of benzene rings is 1. The van der Waals surface area contributed by atoms with Gasteiger partial charge in [0.15, 0.2) is 11.5 Å². The number of alkyl halides is 1. The molecule has 1 aromatic carbocycles. The zero-order valence-corrected chi connectivity index (χ0v) is 15.2. The van der Waals surface area contributed by atoms with Crippen molar-refractivity contribution in [3.8, 4) is 22.8 Å². The number of hydrogen-bond donors (Lipinski definition) is 3. The second kappa shape index (κ2) is 8.32. The highest BCUT2D eigenvalue weighted by Gasteiger charge is 2.28. The Bertz CT molecular complexity index is 779. The van der Waals surface area contributed by atoms with Crippen molar-refractivity contribution in [2.75, 3.05) is 6.54 Å². The van der Waals surface area contributed by atoms with Gasteiger partial charge in [-0.15, -0.1) is 0 Å². The molecule has 0 spiro atoms. The molecule has 24 heavy (non-hydrogen) atoms. The summed E-state index contributed by atoms with van der Waals surface area (Å²) in [6, 6.07) is 8.87. The third kappa shape index (κ3) is 4.59. The van der Waals surface area contributed by atoms with E-state index < -0.39 is 21.7 Å². The molecule has 1 unspecified atom stereocenters. The Kier molecular flexibility index (Phi) is 6.41. The monoisotopic (exact) mass is 417 g/mol. The number of aromatic hydroxyl groups is 1. The number of furan rings is 1. The minimum absolute atomic E-state index is 0.0743. The summed E-state index contributed by atoms with van der Waals surface area (Å²) in [6.45, 7) is 1.38. The van der Waals surface area contributed by atoms with Crippen LogP contribution in [0.15, 0.2) is 34.7 Å². The molecule has 1 heterocycles. The molecule has 0 aliphatic heterocycles. The lowest BCUT2D eigenvalue weighted by Gasteiger charge is -2.08. The molecule has 2 rings (SSSR count). The molecule has 0 saturated heterocycles. The van der Waals surface area contributed by atoms with Gasteiger partial charge in [0.1, 0.15) is 0 Å². The van der Waals surface area contributed by atoms with E-state index in [-0.39, 0.29) is 29.6 Å². The first kappa shape index (κ1) is 18.5. The third-order valence-electron chi connectivity index (χ3n) is 3.07. The molecule has 9 heteroatoms. The number of thiol groups is 1. The van der Waals surface area contributed by atoms with Gasteiger partial charge in [-0.25, -0.2) is 13.1 Å². The average Bonchev–Trinajstić information content (AvgIpc) is 2.84. The van der Waals surface area contributed by atoms with E-state index in [1.54, 1.807) is 24.3 Å². The van der Waals surface area contributed by atoms with Crippen molar-refractivity contribution in [1.29, 1.82) is 0 Å². The smallest absolute Gasteiger partial charge is 0.308 e. The molecule has 0 amide bonds. The Labute approximate surface area is 148 Å². The Morgan fingerprint density at radius 1 is 1.38 bits per heavy atom. The quantitative estimate of drug-likeness (QED) is 0.363. The third-order valence-corrected chi connectivity index (χ3v) is 4.43. The van der Waals surface area contributed by atoms with Gasteiger partial charge in [0.25, 0.3) is 0 Å². The van der Waals surface area contributed by atoms with Gasteiger partial charge in [-0.3, -0.25) is 4.79 Å². The summed E-state index contributed by atoms with van der Waals surface area (Å²) >= 11 is 3.36. The van der Waals surface area contributed by atoms with Crippen LogP contribution < -0.4 is 9.46 Å². The van der Waals surface area contributed by atoms with Crippen molar-refractivity contribution in [3.05, 3.63) is 36.1 Å². The first-order chi connectivity index (χ1) is 11.4. The largest absolute Gasteiger partial charge is 0.502 e. The Morgan fingerprint density at radius 3 is 2.62 bits per heavy atom. The summed E-state index contributed by atoms with van der Waals surface area (Å²) in [5.41, 5.74) is 0.620. The second-order valence-electron chi connectivity index (χ2n) is 4.85. The summed E-state index contributed by atoms with van der Waals surface area (Å²) in [4.78, 5) is 10.8. The van der Waals surface area contributed by atoms with E-state index in [9.17, 15) is 18.3 Å². The van der Waals surface area contributed by atoms with Gasteiger partial charge in [0, 0.05) is 19.0 Å². The lowest BCUT2D eigenvalue weighted by atomic mass is 10.1. The van der Waals surface area contributed by atoms with Gasteiger partial charge in [-0.2, -0.15) is 0 Å². The minimum Gasteiger partial charge on any atom is -0.502 e. The number of rotatable bonds is 7. The number of ether oxygens (including phenoxy) is 1.